The van der Waals surface area contributed by atoms with Gasteiger partial charge in [0.25, 0.3) is 0 Å². The number of carbonyl (C=O) groups excluding carboxylic acids is 1. The highest BCUT2D eigenvalue weighted by Crippen LogP contribution is 2.44. The maximum atomic E-state index is 13.6. The predicted molar refractivity (Wildman–Crippen MR) is 120 cm³/mol. The number of hydrogen-bond donors (Lipinski definition) is 2. The number of aryl methyl sites for hydroxylation is 2. The number of alkyl halides is 5. The minimum absolute atomic E-state index is 0.00202. The fourth-order valence-corrected chi connectivity index (χ4v) is 4.11. The van der Waals surface area contributed by atoms with E-state index in [-0.39, 0.29) is 34.5 Å². The molecular formula is C22H18F5N9O. The molecule has 192 valence electrons. The molecule has 5 heterocycles. The standard InChI is InChI=1S/C22H18F5N9O/c1-10-3-4-13(29-7-10)20(2)14-15(28)33-16(34-17(14)35-19(20)37)12-8-36-18(30-9-31-36)11(32-12)5-6-21(23,24)22(25,26)27/h3-4,7-9H,5-6H2,1-2H3,(H3,28,33,34,35,37). The first-order valence-corrected chi connectivity index (χ1v) is 10.9. The first-order valence-electron chi connectivity index (χ1n) is 10.9. The number of amides is 1. The molecule has 0 fully saturated rings. The van der Waals surface area contributed by atoms with Crippen LogP contribution in [0.2, 0.25) is 0 Å². The normalized spacial score (nSPS) is 17.8. The van der Waals surface area contributed by atoms with Crippen molar-refractivity contribution < 1.29 is 26.7 Å². The highest BCUT2D eigenvalue weighted by Gasteiger charge is 2.56. The molecule has 1 aliphatic heterocycles. The lowest BCUT2D eigenvalue weighted by atomic mass is 9.80. The molecule has 37 heavy (non-hydrogen) atoms. The lowest BCUT2D eigenvalue weighted by Crippen LogP contribution is -2.36. The number of aromatic nitrogens is 7. The first-order chi connectivity index (χ1) is 17.3. The van der Waals surface area contributed by atoms with Gasteiger partial charge in [0.1, 0.15) is 29.1 Å². The molecule has 1 unspecified atom stereocenters. The van der Waals surface area contributed by atoms with Crippen molar-refractivity contribution in [2.75, 3.05) is 11.1 Å². The second kappa shape index (κ2) is 8.11. The molecular weight excluding hydrogens is 501 g/mol. The van der Waals surface area contributed by atoms with Gasteiger partial charge in [0.05, 0.1) is 23.1 Å². The average Bonchev–Trinajstić information content (AvgIpc) is 3.40. The molecule has 1 aliphatic rings. The Kier molecular flexibility index (Phi) is 5.35. The third-order valence-corrected chi connectivity index (χ3v) is 6.20. The van der Waals surface area contributed by atoms with Gasteiger partial charge in [-0.3, -0.25) is 9.78 Å². The molecule has 0 spiro atoms. The summed E-state index contributed by atoms with van der Waals surface area (Å²) in [7, 11) is 0. The molecule has 15 heteroatoms. The van der Waals surface area contributed by atoms with Crippen LogP contribution in [0.5, 0.6) is 0 Å². The number of nitrogen functional groups attached to an aromatic ring is 1. The van der Waals surface area contributed by atoms with E-state index in [2.05, 4.69) is 35.3 Å². The summed E-state index contributed by atoms with van der Waals surface area (Å²) in [6.45, 7) is 3.48. The summed E-state index contributed by atoms with van der Waals surface area (Å²) in [6.07, 6.45) is -3.96. The highest BCUT2D eigenvalue weighted by atomic mass is 19.4. The van der Waals surface area contributed by atoms with Crippen LogP contribution in [-0.2, 0) is 16.6 Å². The van der Waals surface area contributed by atoms with Gasteiger partial charge in [-0.15, -0.1) is 0 Å². The number of nitrogens with two attached hydrogens (primary N) is 1. The minimum Gasteiger partial charge on any atom is -0.383 e. The van der Waals surface area contributed by atoms with Crippen LogP contribution in [0.1, 0.15) is 35.9 Å². The van der Waals surface area contributed by atoms with E-state index in [1.165, 1.54) is 6.20 Å². The smallest absolute Gasteiger partial charge is 0.383 e. The molecule has 0 saturated carbocycles. The van der Waals surface area contributed by atoms with Gasteiger partial charge in [-0.25, -0.2) is 24.5 Å². The van der Waals surface area contributed by atoms with E-state index in [0.29, 0.717) is 11.3 Å². The predicted octanol–water partition coefficient (Wildman–Crippen LogP) is 3.26. The van der Waals surface area contributed by atoms with E-state index in [9.17, 15) is 26.7 Å². The molecule has 1 atom stereocenters. The summed E-state index contributed by atoms with van der Waals surface area (Å²) >= 11 is 0. The molecule has 10 nitrogen and oxygen atoms in total. The van der Waals surface area contributed by atoms with Crippen LogP contribution in [0.3, 0.4) is 0 Å². The Labute approximate surface area is 205 Å². The van der Waals surface area contributed by atoms with Crippen molar-refractivity contribution in [3.05, 3.63) is 53.4 Å². The van der Waals surface area contributed by atoms with Gasteiger partial charge >= 0.3 is 12.1 Å². The Morgan fingerprint density at radius 2 is 1.86 bits per heavy atom. The molecule has 0 saturated heterocycles. The Morgan fingerprint density at radius 3 is 2.54 bits per heavy atom. The minimum atomic E-state index is -5.71. The van der Waals surface area contributed by atoms with E-state index < -0.39 is 36.3 Å². The zero-order valence-electron chi connectivity index (χ0n) is 19.3. The van der Waals surface area contributed by atoms with Crippen molar-refractivity contribution in [1.82, 2.24) is 34.5 Å². The number of rotatable bonds is 5. The lowest BCUT2D eigenvalue weighted by Gasteiger charge is -2.22. The molecule has 3 N–H and O–H groups in total. The van der Waals surface area contributed by atoms with Gasteiger partial charge in [0.2, 0.25) is 5.91 Å². The molecule has 4 aromatic rings. The van der Waals surface area contributed by atoms with Gasteiger partial charge in [-0.1, -0.05) is 6.07 Å². The van der Waals surface area contributed by atoms with Crippen LogP contribution >= 0.6 is 0 Å². The lowest BCUT2D eigenvalue weighted by molar-refractivity contribution is -0.284. The van der Waals surface area contributed by atoms with Crippen LogP contribution in [0, 0.1) is 6.92 Å². The Morgan fingerprint density at radius 1 is 1.11 bits per heavy atom. The average molecular weight is 519 g/mol. The van der Waals surface area contributed by atoms with Crippen LogP contribution < -0.4 is 11.1 Å². The summed E-state index contributed by atoms with van der Waals surface area (Å²) < 4.78 is 66.3. The van der Waals surface area contributed by atoms with Gasteiger partial charge in [-0.2, -0.15) is 27.1 Å². The largest absolute Gasteiger partial charge is 0.453 e. The highest BCUT2D eigenvalue weighted by molar-refractivity contribution is 6.08. The maximum Gasteiger partial charge on any atom is 0.453 e. The first kappa shape index (κ1) is 24.4. The topological polar surface area (TPSA) is 137 Å². The van der Waals surface area contributed by atoms with Gasteiger partial charge in [0, 0.05) is 12.6 Å². The zero-order chi connectivity index (χ0) is 26.8. The van der Waals surface area contributed by atoms with Gasteiger partial charge < -0.3 is 11.1 Å². The number of hydrogen-bond acceptors (Lipinski definition) is 8. The van der Waals surface area contributed by atoms with Gasteiger partial charge in [-0.05, 0) is 31.9 Å². The van der Waals surface area contributed by atoms with Crippen molar-refractivity contribution in [1.29, 1.82) is 0 Å². The number of nitrogens with one attached hydrogen (secondary N) is 1. The van der Waals surface area contributed by atoms with Crippen LogP contribution in [0.4, 0.5) is 33.6 Å². The molecule has 1 amide bonds. The molecule has 0 bridgehead atoms. The summed E-state index contributed by atoms with van der Waals surface area (Å²) in [5.41, 5.74) is 6.39. The number of carbonyl (C=O) groups is 1. The van der Waals surface area contributed by atoms with Crippen molar-refractivity contribution >= 4 is 23.2 Å². The number of nitrogens with zero attached hydrogens (tertiary/aromatic N) is 7. The number of pyridine rings is 1. The molecule has 5 rings (SSSR count). The summed E-state index contributed by atoms with van der Waals surface area (Å²) in [5.74, 6) is -5.42. The Hall–Kier alpha value is -4.30. The molecule has 0 radical (unpaired) electrons. The summed E-state index contributed by atoms with van der Waals surface area (Å²) in [4.78, 5) is 34.1. The third kappa shape index (κ3) is 3.90. The SMILES string of the molecule is Cc1ccc(C2(C)C(=O)Nc3nc(-c4cn5ncnc5c(CCC(F)(F)C(F)(F)F)n4)nc(N)c32)nc1. The van der Waals surface area contributed by atoms with Gasteiger partial charge in [0.15, 0.2) is 11.5 Å². The monoisotopic (exact) mass is 519 g/mol. The van der Waals surface area contributed by atoms with E-state index in [1.54, 1.807) is 25.3 Å². The number of anilines is 2. The van der Waals surface area contributed by atoms with Crippen LogP contribution in [0.25, 0.3) is 17.2 Å². The third-order valence-electron chi connectivity index (χ3n) is 6.20. The summed E-state index contributed by atoms with van der Waals surface area (Å²) in [5, 5.41) is 6.59. The van der Waals surface area contributed by atoms with E-state index in [0.717, 1.165) is 16.4 Å². The summed E-state index contributed by atoms with van der Waals surface area (Å²) in [6, 6.07) is 3.49. The van der Waals surface area contributed by atoms with Crippen molar-refractivity contribution in [2.24, 2.45) is 0 Å². The van der Waals surface area contributed by atoms with Crippen molar-refractivity contribution in [3.8, 4) is 11.5 Å². The van der Waals surface area contributed by atoms with Crippen LogP contribution in [0.15, 0.2) is 30.9 Å². The maximum absolute atomic E-state index is 13.6. The fraction of sp³-hybridized carbons (Fsp3) is 0.318. The van der Waals surface area contributed by atoms with E-state index in [1.807, 2.05) is 6.92 Å². The fourth-order valence-electron chi connectivity index (χ4n) is 4.11. The van der Waals surface area contributed by atoms with Crippen molar-refractivity contribution in [3.63, 3.8) is 0 Å². The second-order valence-corrected chi connectivity index (χ2v) is 8.76. The molecule has 0 aliphatic carbocycles. The number of fused-ring (bicyclic) bond motifs is 2. The molecule has 0 aromatic carbocycles. The number of halogens is 5. The van der Waals surface area contributed by atoms with Crippen LogP contribution in [-0.4, -0.2) is 52.5 Å². The Balaban J connectivity index is 1.57. The quantitative estimate of drug-likeness (QED) is 0.384. The van der Waals surface area contributed by atoms with E-state index in [4.69, 9.17) is 5.73 Å². The zero-order valence-corrected chi connectivity index (χ0v) is 19.3. The van der Waals surface area contributed by atoms with Crippen molar-refractivity contribution in [2.45, 2.75) is 44.2 Å². The van der Waals surface area contributed by atoms with E-state index >= 15 is 0 Å². The molecule has 4 aromatic heterocycles. The Bertz CT molecular complexity index is 1530. The second-order valence-electron chi connectivity index (χ2n) is 8.76.